The lowest BCUT2D eigenvalue weighted by Crippen LogP contribution is -2.49. The summed E-state index contributed by atoms with van der Waals surface area (Å²) in [6.45, 7) is 6.23. The van der Waals surface area contributed by atoms with Gasteiger partial charge in [-0.3, -0.25) is 97.5 Å². The SMILES string of the molecule is C[C@H](CC(=O)C(C)(C)C)C(=O)NCC(=O)C[C@H](CCCN=C(N)N)C(=O)N[C@H](CCCN=C(N)N)C(=O)C[C@H](CCCN=C(N)N)C(=O)N[C@H](CCCN=C(N)N)C(=O)C[C@H](CCCN=C(N)N)C(=O)N[C@H](CCCN=C(N)N)C(=O)C[C@H](CCCN=C(N)N)C(=O)N[C@H](CCCN=C(N)N)C(=O)C[C@H](CS)C(N)=O. The summed E-state index contributed by atoms with van der Waals surface area (Å²) in [4.78, 5) is 201. The smallest absolute Gasteiger partial charge is 0.224 e. The predicted octanol–water partition coefficient (Wildman–Crippen LogP) is -6.60. The Balaban J connectivity index is 7.93. The van der Waals surface area contributed by atoms with Crippen molar-refractivity contribution in [1.82, 2.24) is 26.6 Å². The van der Waals surface area contributed by atoms with Crippen molar-refractivity contribution in [2.75, 3.05) is 64.7 Å². The second kappa shape index (κ2) is 54.9. The minimum Gasteiger partial charge on any atom is -0.370 e. The third kappa shape index (κ3) is 47.2. The Labute approximate surface area is 648 Å². The van der Waals surface area contributed by atoms with E-state index < -0.39 is 162 Å². The molecule has 622 valence electrons. The number of primary amides is 1. The van der Waals surface area contributed by atoms with Crippen molar-refractivity contribution in [2.45, 2.75) is 193 Å². The van der Waals surface area contributed by atoms with Crippen LogP contribution in [0.1, 0.15) is 169 Å². The molecule has 0 aromatic rings. The van der Waals surface area contributed by atoms with Gasteiger partial charge in [-0.1, -0.05) is 27.7 Å². The number of ketones is 6. The number of carbonyl (C=O) groups excluding carboxylic acids is 12. The van der Waals surface area contributed by atoms with Crippen molar-refractivity contribution in [3.05, 3.63) is 0 Å². The molecule has 0 bridgehead atoms. The van der Waals surface area contributed by atoms with E-state index in [4.69, 9.17) is 97.5 Å². The summed E-state index contributed by atoms with van der Waals surface area (Å²) in [6.07, 6.45) is -2.25. The molecule has 0 aliphatic carbocycles. The molecule has 0 aliphatic rings. The number of nitrogens with zero attached hydrogens (tertiary/aromatic N) is 8. The average molecular weight is 1580 g/mol. The molecule has 42 nitrogen and oxygen atoms in total. The molecular weight excluding hydrogens is 1450 g/mol. The lowest BCUT2D eigenvalue weighted by Gasteiger charge is -2.27. The van der Waals surface area contributed by atoms with Crippen LogP contribution in [-0.4, -0.2) is 207 Å². The molecule has 43 heteroatoms. The number of hydrogen-bond acceptors (Lipinski definition) is 21. The molecule has 10 atom stereocenters. The number of nitrogens with one attached hydrogen (secondary N) is 5. The van der Waals surface area contributed by atoms with Crippen molar-refractivity contribution < 1.29 is 57.5 Å². The van der Waals surface area contributed by atoms with Gasteiger partial charge in [-0.05, 0) is 103 Å². The molecule has 0 saturated heterocycles. The number of thiol groups is 1. The highest BCUT2D eigenvalue weighted by Crippen LogP contribution is 2.25. The van der Waals surface area contributed by atoms with Crippen molar-refractivity contribution in [3.63, 3.8) is 0 Å². The number of nitrogens with two attached hydrogens (primary N) is 17. The number of rotatable bonds is 61. The monoisotopic (exact) mass is 1570 g/mol. The molecule has 0 aromatic carbocycles. The van der Waals surface area contributed by atoms with Gasteiger partial charge >= 0.3 is 0 Å². The van der Waals surface area contributed by atoms with Gasteiger partial charge in [0.25, 0.3) is 0 Å². The maximum atomic E-state index is 15.1. The molecule has 6 amide bonds. The zero-order valence-corrected chi connectivity index (χ0v) is 65.0. The van der Waals surface area contributed by atoms with E-state index in [1.807, 2.05) is 0 Å². The lowest BCUT2D eigenvalue weighted by molar-refractivity contribution is -0.136. The summed E-state index contributed by atoms with van der Waals surface area (Å²) >= 11 is 4.17. The van der Waals surface area contributed by atoms with E-state index in [0.717, 1.165) is 0 Å². The van der Waals surface area contributed by atoms with Crippen LogP contribution < -0.4 is 124 Å². The van der Waals surface area contributed by atoms with Crippen LogP contribution in [0.25, 0.3) is 0 Å². The average Bonchev–Trinajstić information content (AvgIpc) is 0.856. The highest BCUT2D eigenvalue weighted by molar-refractivity contribution is 7.80. The minimum atomic E-state index is -1.43. The van der Waals surface area contributed by atoms with Crippen LogP contribution >= 0.6 is 12.6 Å². The van der Waals surface area contributed by atoms with E-state index in [1.165, 1.54) is 0 Å². The summed E-state index contributed by atoms with van der Waals surface area (Å²) < 4.78 is 0. The zero-order valence-electron chi connectivity index (χ0n) is 64.1. The van der Waals surface area contributed by atoms with Crippen molar-refractivity contribution >= 4 is 130 Å². The molecule has 110 heavy (non-hydrogen) atoms. The molecule has 0 unspecified atom stereocenters. The summed E-state index contributed by atoms with van der Waals surface area (Å²) in [5.41, 5.74) is 94.6. The summed E-state index contributed by atoms with van der Waals surface area (Å²) in [6, 6.07) is -5.41. The predicted molar refractivity (Wildman–Crippen MR) is 427 cm³/mol. The van der Waals surface area contributed by atoms with Crippen LogP contribution in [0.2, 0.25) is 0 Å². The first-order valence-corrected chi connectivity index (χ1v) is 37.2. The number of guanidine groups is 8. The molecule has 0 heterocycles. The van der Waals surface area contributed by atoms with Gasteiger partial charge in [0.05, 0.1) is 36.6 Å². The first-order valence-electron chi connectivity index (χ1n) is 36.6. The zero-order chi connectivity index (χ0) is 83.6. The van der Waals surface area contributed by atoms with E-state index in [0.29, 0.717) is 0 Å². The minimum absolute atomic E-state index is 0.00425. The number of carbonyl (C=O) groups is 12. The van der Waals surface area contributed by atoms with Crippen LogP contribution in [0, 0.1) is 40.9 Å². The Morgan fingerprint density at radius 3 is 0.736 bits per heavy atom. The molecule has 0 fully saturated rings. The molecule has 0 aromatic heterocycles. The fourth-order valence-corrected chi connectivity index (χ4v) is 11.4. The van der Waals surface area contributed by atoms with Crippen LogP contribution in [0.15, 0.2) is 39.9 Å². The standard InChI is InChI=1S/C67H126N30O12S/c1-37(29-52(103)67(2,3)4)54(105)93-35-43(98)30-38(13-5-21-85-59(69)70)55(106)94-44(17-9-25-89-63(77)78)48(99)31-39(14-6-22-86-60(71)72)56(107)95-45(18-10-26-90-64(79)80)49(100)32-40(15-7-23-87-61(73)74)57(108)96-46(19-11-27-91-65(81)82)50(101)33-41(16-8-24-88-62(75)76)58(109)97-47(20-12-28-92-66(83)84)51(102)34-42(36-110)53(68)104/h37-42,44-47,110H,5-36H2,1-4H3,(H2,68,104)(H,93,105)(H,94,106)(H,95,107)(H,96,108)(H,97,109)(H4,69,70,85)(H4,71,72,86)(H4,73,74,87)(H4,75,76,88)(H4,77,78,89)(H4,79,80,90)(H4,81,82,91)(H4,83,84,92)/t37-,38+,39+,40+,41+,42-,44-,45-,46-,47-/m1/s1. The number of amides is 6. The first kappa shape index (κ1) is 99.3. The van der Waals surface area contributed by atoms with Gasteiger partial charge in [-0.15, -0.1) is 0 Å². The van der Waals surface area contributed by atoms with Crippen molar-refractivity contribution in [2.24, 2.45) is 178 Å². The highest BCUT2D eigenvalue weighted by Gasteiger charge is 2.37. The summed E-state index contributed by atoms with van der Waals surface area (Å²) in [5, 5.41) is 13.6. The third-order valence-corrected chi connectivity index (χ3v) is 17.7. The van der Waals surface area contributed by atoms with Gasteiger partial charge in [0.2, 0.25) is 35.4 Å². The Kier molecular flexibility index (Phi) is 49.5. The number of hydrogen-bond donors (Lipinski definition) is 23. The molecular formula is C67H126N30O12S. The van der Waals surface area contributed by atoms with Crippen molar-refractivity contribution in [1.29, 1.82) is 0 Å². The second-order valence-electron chi connectivity index (χ2n) is 27.8. The normalized spacial score (nSPS) is 13.7. The Morgan fingerprint density at radius 1 is 0.309 bits per heavy atom. The molecule has 0 rings (SSSR count). The molecule has 0 saturated carbocycles. The number of aliphatic imine (C=N–C) groups is 8. The molecule has 0 radical (unpaired) electrons. The van der Waals surface area contributed by atoms with Gasteiger partial charge in [0, 0.05) is 132 Å². The van der Waals surface area contributed by atoms with Crippen LogP contribution in [0.3, 0.4) is 0 Å². The maximum Gasteiger partial charge on any atom is 0.224 e. The Bertz CT molecular complexity index is 3230. The van der Waals surface area contributed by atoms with Gasteiger partial charge < -0.3 is 124 Å². The van der Waals surface area contributed by atoms with E-state index in [-0.39, 0.29) is 227 Å². The quantitative estimate of drug-likeness (QED) is 0.0116. The van der Waals surface area contributed by atoms with Gasteiger partial charge in [-0.2, -0.15) is 12.6 Å². The van der Waals surface area contributed by atoms with Gasteiger partial charge in [0.1, 0.15) is 5.78 Å². The fourth-order valence-electron chi connectivity index (χ4n) is 11.1. The largest absolute Gasteiger partial charge is 0.370 e. The van der Waals surface area contributed by atoms with Gasteiger partial charge in [-0.25, -0.2) is 0 Å². The Morgan fingerprint density at radius 2 is 0.527 bits per heavy atom. The van der Waals surface area contributed by atoms with Gasteiger partial charge in [0.15, 0.2) is 76.6 Å². The highest BCUT2D eigenvalue weighted by atomic mass is 32.1. The van der Waals surface area contributed by atoms with Crippen LogP contribution in [-0.2, 0) is 57.5 Å². The fraction of sp³-hybridized carbons (Fsp3) is 0.701. The van der Waals surface area contributed by atoms with E-state index in [1.54, 1.807) is 27.7 Å². The Hall–Kier alpha value is -10.6. The molecule has 39 N–H and O–H groups in total. The first-order chi connectivity index (χ1) is 51.6. The molecule has 0 spiro atoms. The summed E-state index contributed by atoms with van der Waals surface area (Å²) in [7, 11) is 0. The number of Topliss-reactive ketones (excluding diaryl/α,β-unsaturated/α-hetero) is 6. The van der Waals surface area contributed by atoms with E-state index in [2.05, 4.69) is 79.2 Å². The van der Waals surface area contributed by atoms with E-state index >= 15 is 14.4 Å². The third-order valence-electron chi connectivity index (χ3n) is 17.2. The van der Waals surface area contributed by atoms with Crippen molar-refractivity contribution in [3.8, 4) is 0 Å². The topological polar surface area (TPSA) is 806 Å². The van der Waals surface area contributed by atoms with E-state index in [9.17, 15) is 43.2 Å². The van der Waals surface area contributed by atoms with Crippen LogP contribution in [0.5, 0.6) is 0 Å². The maximum absolute atomic E-state index is 15.1. The second-order valence-corrected chi connectivity index (χ2v) is 28.2. The molecule has 0 aliphatic heterocycles. The lowest BCUT2D eigenvalue weighted by atomic mass is 9.85. The van der Waals surface area contributed by atoms with Crippen LogP contribution in [0.4, 0.5) is 0 Å². The summed E-state index contributed by atoms with van der Waals surface area (Å²) in [5.74, 6) is -16.7.